The first-order chi connectivity index (χ1) is 8.19. The summed E-state index contributed by atoms with van der Waals surface area (Å²) in [5.74, 6) is 0.747. The molecular weight excluding hydrogens is 216 g/mol. The molecule has 4 heteroatoms. The third-order valence-corrected chi connectivity index (χ3v) is 3.18. The van der Waals surface area contributed by atoms with Crippen LogP contribution < -0.4 is 10.1 Å². The summed E-state index contributed by atoms with van der Waals surface area (Å²) in [6.45, 7) is 3.20. The number of ether oxygens (including phenoxy) is 1. The molecule has 94 valence electrons. The Morgan fingerprint density at radius 2 is 2.35 bits per heavy atom. The topological polar surface area (TPSA) is 44.7 Å². The number of aromatic hydroxyl groups is 1. The maximum atomic E-state index is 9.53. The maximum Gasteiger partial charge on any atom is 0.160 e. The monoisotopic (exact) mass is 236 g/mol. The van der Waals surface area contributed by atoms with E-state index in [2.05, 4.69) is 17.3 Å². The van der Waals surface area contributed by atoms with Gasteiger partial charge in [0.15, 0.2) is 11.5 Å². The van der Waals surface area contributed by atoms with Crippen molar-refractivity contribution in [2.75, 3.05) is 33.8 Å². The number of methoxy groups -OCH3 is 1. The average molecular weight is 236 g/mol. The van der Waals surface area contributed by atoms with E-state index in [1.807, 2.05) is 12.1 Å². The third-order valence-electron chi connectivity index (χ3n) is 3.18. The van der Waals surface area contributed by atoms with Crippen molar-refractivity contribution in [1.82, 2.24) is 10.2 Å². The minimum absolute atomic E-state index is 0.199. The number of hydrogen-bond donors (Lipinski definition) is 2. The van der Waals surface area contributed by atoms with E-state index >= 15 is 0 Å². The van der Waals surface area contributed by atoms with Crippen LogP contribution in [0.25, 0.3) is 0 Å². The molecule has 0 aromatic heterocycles. The highest BCUT2D eigenvalue weighted by atomic mass is 16.5. The molecule has 0 amide bonds. The van der Waals surface area contributed by atoms with Crippen molar-refractivity contribution in [2.45, 2.75) is 12.5 Å². The molecule has 0 saturated carbocycles. The Hall–Kier alpha value is -1.26. The molecule has 1 fully saturated rings. The van der Waals surface area contributed by atoms with Crippen LogP contribution in [-0.4, -0.2) is 49.8 Å². The van der Waals surface area contributed by atoms with E-state index in [0.29, 0.717) is 11.8 Å². The minimum atomic E-state index is 0.199. The molecule has 0 aliphatic carbocycles. The molecule has 1 aliphatic rings. The molecule has 0 bridgehead atoms. The number of phenolic OH excluding ortho intramolecular Hbond substituents is 1. The molecule has 1 aromatic carbocycles. The van der Waals surface area contributed by atoms with Crippen molar-refractivity contribution in [2.24, 2.45) is 0 Å². The number of benzene rings is 1. The lowest BCUT2D eigenvalue weighted by molar-refractivity contribution is 0.238. The van der Waals surface area contributed by atoms with E-state index in [0.717, 1.165) is 26.1 Å². The lowest BCUT2D eigenvalue weighted by atomic mass is 10.0. The summed E-state index contributed by atoms with van der Waals surface area (Å²) in [6, 6.07) is 6.03. The molecule has 0 spiro atoms. The highest BCUT2D eigenvalue weighted by Crippen LogP contribution is 2.26. The molecule has 17 heavy (non-hydrogen) atoms. The first kappa shape index (κ1) is 12.2. The van der Waals surface area contributed by atoms with Crippen LogP contribution in [0.2, 0.25) is 0 Å². The highest BCUT2D eigenvalue weighted by Gasteiger charge is 2.17. The van der Waals surface area contributed by atoms with Gasteiger partial charge in [-0.15, -0.1) is 0 Å². The van der Waals surface area contributed by atoms with Crippen LogP contribution in [0.5, 0.6) is 11.5 Å². The molecule has 1 heterocycles. The number of piperazine rings is 1. The number of nitrogens with one attached hydrogen (secondary N) is 1. The second kappa shape index (κ2) is 5.38. The van der Waals surface area contributed by atoms with Crippen LogP contribution >= 0.6 is 0 Å². The Morgan fingerprint density at radius 1 is 1.53 bits per heavy atom. The quantitative estimate of drug-likeness (QED) is 0.816. The molecule has 1 aromatic rings. The molecular formula is C13H20N2O2. The Morgan fingerprint density at radius 3 is 3.06 bits per heavy atom. The van der Waals surface area contributed by atoms with E-state index in [-0.39, 0.29) is 5.75 Å². The van der Waals surface area contributed by atoms with Crippen LogP contribution in [0.3, 0.4) is 0 Å². The zero-order chi connectivity index (χ0) is 12.3. The summed E-state index contributed by atoms with van der Waals surface area (Å²) >= 11 is 0. The predicted octanol–water partition coefficient (Wildman–Crippen LogP) is 0.847. The van der Waals surface area contributed by atoms with Crippen molar-refractivity contribution in [3.63, 3.8) is 0 Å². The van der Waals surface area contributed by atoms with Gasteiger partial charge in [0.05, 0.1) is 7.11 Å². The van der Waals surface area contributed by atoms with Crippen LogP contribution in [-0.2, 0) is 6.42 Å². The smallest absolute Gasteiger partial charge is 0.160 e. The average Bonchev–Trinajstić information content (AvgIpc) is 2.32. The van der Waals surface area contributed by atoms with Gasteiger partial charge in [-0.05, 0) is 31.2 Å². The fourth-order valence-electron chi connectivity index (χ4n) is 2.26. The van der Waals surface area contributed by atoms with Crippen LogP contribution in [0.15, 0.2) is 18.2 Å². The Balaban J connectivity index is 2.02. The van der Waals surface area contributed by atoms with Crippen LogP contribution in [0.1, 0.15) is 5.56 Å². The second-order valence-corrected chi connectivity index (χ2v) is 4.62. The van der Waals surface area contributed by atoms with Gasteiger partial charge < -0.3 is 20.1 Å². The summed E-state index contributed by atoms with van der Waals surface area (Å²) in [4.78, 5) is 2.33. The summed E-state index contributed by atoms with van der Waals surface area (Å²) in [7, 11) is 3.72. The molecule has 1 atom stereocenters. The summed E-state index contributed by atoms with van der Waals surface area (Å²) in [6.07, 6.45) is 0.959. The van der Waals surface area contributed by atoms with E-state index in [1.54, 1.807) is 13.2 Å². The van der Waals surface area contributed by atoms with Gasteiger partial charge in [0.2, 0.25) is 0 Å². The van der Waals surface area contributed by atoms with Crippen molar-refractivity contribution in [3.05, 3.63) is 23.8 Å². The zero-order valence-electron chi connectivity index (χ0n) is 10.4. The minimum Gasteiger partial charge on any atom is -0.504 e. The molecule has 2 rings (SSSR count). The van der Waals surface area contributed by atoms with Crippen molar-refractivity contribution in [1.29, 1.82) is 0 Å². The van der Waals surface area contributed by atoms with E-state index in [9.17, 15) is 5.11 Å². The van der Waals surface area contributed by atoms with Gasteiger partial charge in [-0.25, -0.2) is 0 Å². The SMILES string of the molecule is COc1cc(CC2CN(C)CCN2)ccc1O. The molecule has 4 nitrogen and oxygen atoms in total. The van der Waals surface area contributed by atoms with Crippen molar-refractivity contribution < 1.29 is 9.84 Å². The lowest BCUT2D eigenvalue weighted by Gasteiger charge is -2.31. The standard InChI is InChI=1S/C13H20N2O2/c1-15-6-5-14-11(9-15)7-10-3-4-12(16)13(8-10)17-2/h3-4,8,11,14,16H,5-7,9H2,1-2H3. The lowest BCUT2D eigenvalue weighted by Crippen LogP contribution is -2.49. The van der Waals surface area contributed by atoms with E-state index in [1.165, 1.54) is 5.56 Å². The number of rotatable bonds is 3. The molecule has 1 aliphatic heterocycles. The first-order valence-electron chi connectivity index (χ1n) is 5.97. The van der Waals surface area contributed by atoms with Gasteiger partial charge >= 0.3 is 0 Å². The van der Waals surface area contributed by atoms with E-state index in [4.69, 9.17) is 4.74 Å². The Bertz CT molecular complexity index is 382. The van der Waals surface area contributed by atoms with Gasteiger partial charge in [0, 0.05) is 25.7 Å². The van der Waals surface area contributed by atoms with Gasteiger partial charge in [0.25, 0.3) is 0 Å². The number of phenols is 1. The highest BCUT2D eigenvalue weighted by molar-refractivity contribution is 5.41. The van der Waals surface area contributed by atoms with Gasteiger partial charge in [-0.3, -0.25) is 0 Å². The predicted molar refractivity (Wildman–Crippen MR) is 67.7 cm³/mol. The molecule has 1 unspecified atom stereocenters. The summed E-state index contributed by atoms with van der Waals surface area (Å²) in [5, 5.41) is 13.0. The van der Waals surface area contributed by atoms with Crippen molar-refractivity contribution in [3.8, 4) is 11.5 Å². The van der Waals surface area contributed by atoms with Crippen LogP contribution in [0, 0.1) is 0 Å². The first-order valence-corrected chi connectivity index (χ1v) is 5.97. The van der Waals surface area contributed by atoms with E-state index < -0.39 is 0 Å². The maximum absolute atomic E-state index is 9.53. The molecule has 2 N–H and O–H groups in total. The second-order valence-electron chi connectivity index (χ2n) is 4.62. The zero-order valence-corrected chi connectivity index (χ0v) is 10.4. The van der Waals surface area contributed by atoms with Gasteiger partial charge in [-0.1, -0.05) is 6.07 Å². The Kier molecular flexibility index (Phi) is 3.86. The summed E-state index contributed by atoms with van der Waals surface area (Å²) in [5.41, 5.74) is 1.19. The van der Waals surface area contributed by atoms with Gasteiger partial charge in [0.1, 0.15) is 0 Å². The molecule has 0 radical (unpaired) electrons. The number of nitrogens with zero attached hydrogens (tertiary/aromatic N) is 1. The fraction of sp³-hybridized carbons (Fsp3) is 0.538. The third kappa shape index (κ3) is 3.11. The fourth-order valence-corrected chi connectivity index (χ4v) is 2.26. The summed E-state index contributed by atoms with van der Waals surface area (Å²) < 4.78 is 5.12. The number of likely N-dealkylation sites (N-methyl/N-ethyl adjacent to an activating group) is 1. The molecule has 1 saturated heterocycles. The van der Waals surface area contributed by atoms with Crippen LogP contribution in [0.4, 0.5) is 0 Å². The largest absolute Gasteiger partial charge is 0.504 e. The number of hydrogen-bond acceptors (Lipinski definition) is 4. The van der Waals surface area contributed by atoms with Gasteiger partial charge in [-0.2, -0.15) is 0 Å². The Labute approximate surface area is 102 Å². The normalized spacial score (nSPS) is 21.4. The van der Waals surface area contributed by atoms with Crippen molar-refractivity contribution >= 4 is 0 Å².